The van der Waals surface area contributed by atoms with Gasteiger partial charge in [0.05, 0.1) is 18.1 Å². The van der Waals surface area contributed by atoms with Crippen molar-refractivity contribution in [1.29, 1.82) is 0 Å². The minimum Gasteiger partial charge on any atom is -0.466 e. The molecule has 9 heteroatoms. The van der Waals surface area contributed by atoms with E-state index < -0.39 is 12.1 Å². The molecule has 0 radical (unpaired) electrons. The second kappa shape index (κ2) is 7.48. The van der Waals surface area contributed by atoms with Gasteiger partial charge in [-0.2, -0.15) is 13.2 Å². The van der Waals surface area contributed by atoms with Gasteiger partial charge in [-0.05, 0) is 13.0 Å². The fourth-order valence-corrected chi connectivity index (χ4v) is 3.32. The van der Waals surface area contributed by atoms with Crippen LogP contribution in [0.15, 0.2) is 22.0 Å². The second-order valence-corrected chi connectivity index (χ2v) is 6.09. The van der Waals surface area contributed by atoms with E-state index in [1.165, 1.54) is 23.9 Å². The molecule has 0 atom stereocenters. The molecule has 0 aliphatic rings. The maximum absolute atomic E-state index is 12.7. The van der Waals surface area contributed by atoms with Crippen molar-refractivity contribution >= 4 is 46.5 Å². The predicted molar refractivity (Wildman–Crippen MR) is 86.1 cm³/mol. The van der Waals surface area contributed by atoms with Gasteiger partial charge in [0.25, 0.3) is 0 Å². The zero-order chi connectivity index (χ0) is 17.9. The second-order valence-electron chi connectivity index (χ2n) is 4.57. The Kier molecular flexibility index (Phi) is 5.82. The Labute approximate surface area is 145 Å². The van der Waals surface area contributed by atoms with Crippen LogP contribution in [0.4, 0.5) is 13.2 Å². The molecule has 2 rings (SSSR count). The van der Waals surface area contributed by atoms with E-state index in [0.29, 0.717) is 22.8 Å². The third kappa shape index (κ3) is 4.05. The van der Waals surface area contributed by atoms with E-state index in [2.05, 4.69) is 11.6 Å². The molecule has 2 aromatic rings. The number of carbonyl (C=O) groups is 1. The molecule has 0 unspecified atom stereocenters. The molecule has 24 heavy (non-hydrogen) atoms. The summed E-state index contributed by atoms with van der Waals surface area (Å²) in [5, 5.41) is 0.00383. The quantitative estimate of drug-likeness (QED) is 0.510. The van der Waals surface area contributed by atoms with Crippen LogP contribution in [0.3, 0.4) is 0 Å². The Balaban J connectivity index is 2.32. The first kappa shape index (κ1) is 18.7. The first-order valence-corrected chi connectivity index (χ1v) is 8.25. The SMILES string of the molecule is C=Cc1c(SCCC(=O)OCC)cc2nc(C(F)(F)F)oc2c1Cl. The molecule has 0 aliphatic heterocycles. The van der Waals surface area contributed by atoms with Gasteiger partial charge in [0.1, 0.15) is 5.52 Å². The lowest BCUT2D eigenvalue weighted by atomic mass is 10.2. The average molecular weight is 380 g/mol. The van der Waals surface area contributed by atoms with Crippen molar-refractivity contribution in [1.82, 2.24) is 4.98 Å². The molecule has 4 nitrogen and oxygen atoms in total. The minimum absolute atomic E-state index is 0.00319. The highest BCUT2D eigenvalue weighted by Crippen LogP contribution is 2.39. The Bertz CT molecular complexity index is 773. The normalized spacial score (nSPS) is 11.7. The summed E-state index contributed by atoms with van der Waals surface area (Å²) in [6.45, 7) is 5.61. The summed E-state index contributed by atoms with van der Waals surface area (Å²) >= 11 is 7.38. The van der Waals surface area contributed by atoms with E-state index in [-0.39, 0.29) is 28.5 Å². The van der Waals surface area contributed by atoms with E-state index in [1.54, 1.807) is 6.92 Å². The lowest BCUT2D eigenvalue weighted by molar-refractivity contribution is -0.156. The summed E-state index contributed by atoms with van der Waals surface area (Å²) in [6, 6.07) is 1.44. The van der Waals surface area contributed by atoms with Crippen LogP contribution in [0.1, 0.15) is 24.8 Å². The molecule has 0 amide bonds. The number of halogens is 4. The summed E-state index contributed by atoms with van der Waals surface area (Å²) < 4.78 is 47.7. The van der Waals surface area contributed by atoms with Crippen LogP contribution in [0, 0.1) is 0 Å². The van der Waals surface area contributed by atoms with Gasteiger partial charge >= 0.3 is 18.0 Å². The Hall–Kier alpha value is -1.67. The van der Waals surface area contributed by atoms with Crippen LogP contribution >= 0.6 is 23.4 Å². The number of hydrogen-bond acceptors (Lipinski definition) is 5. The third-order valence-electron chi connectivity index (χ3n) is 2.94. The number of alkyl halides is 3. The Morgan fingerprint density at radius 3 is 2.83 bits per heavy atom. The van der Waals surface area contributed by atoms with Crippen LogP contribution < -0.4 is 0 Å². The van der Waals surface area contributed by atoms with Crippen LogP contribution in [-0.2, 0) is 15.7 Å². The van der Waals surface area contributed by atoms with Crippen molar-refractivity contribution in [3.63, 3.8) is 0 Å². The Morgan fingerprint density at radius 1 is 1.54 bits per heavy atom. The number of ether oxygens (including phenoxy) is 1. The molecule has 1 aromatic heterocycles. The van der Waals surface area contributed by atoms with Crippen molar-refractivity contribution in [3.05, 3.63) is 29.1 Å². The van der Waals surface area contributed by atoms with Gasteiger partial charge in [-0.25, -0.2) is 4.98 Å². The van der Waals surface area contributed by atoms with E-state index in [0.717, 1.165) is 0 Å². The summed E-state index contributed by atoms with van der Waals surface area (Å²) in [4.78, 5) is 15.3. The number of esters is 1. The van der Waals surface area contributed by atoms with E-state index >= 15 is 0 Å². The molecule has 0 saturated carbocycles. The maximum atomic E-state index is 12.7. The predicted octanol–water partition coefficient (Wildman–Crippen LogP) is 5.19. The van der Waals surface area contributed by atoms with Crippen LogP contribution in [0.5, 0.6) is 0 Å². The number of fused-ring (bicyclic) bond motifs is 1. The summed E-state index contributed by atoms with van der Waals surface area (Å²) in [5.74, 6) is -1.33. The smallest absolute Gasteiger partial charge is 0.466 e. The van der Waals surface area contributed by atoms with Crippen molar-refractivity contribution in [2.24, 2.45) is 0 Å². The van der Waals surface area contributed by atoms with Crippen molar-refractivity contribution in [2.75, 3.05) is 12.4 Å². The van der Waals surface area contributed by atoms with Crippen LogP contribution in [-0.4, -0.2) is 23.3 Å². The number of aromatic nitrogens is 1. The molecule has 0 saturated heterocycles. The molecular formula is C15H13ClF3NO3S. The van der Waals surface area contributed by atoms with Gasteiger partial charge in [-0.15, -0.1) is 11.8 Å². The standard InChI is InChI=1S/C15H13ClF3NO3S/c1-3-8-10(24-6-5-11(21)22-4-2)7-9-13(12(8)16)23-14(20-9)15(17,18)19/h3,7H,1,4-6H2,2H3. The molecule has 1 aromatic carbocycles. The molecule has 130 valence electrons. The zero-order valence-electron chi connectivity index (χ0n) is 12.6. The zero-order valence-corrected chi connectivity index (χ0v) is 14.1. The van der Waals surface area contributed by atoms with Crippen molar-refractivity contribution in [3.8, 4) is 0 Å². The van der Waals surface area contributed by atoms with Crippen molar-refractivity contribution < 1.29 is 27.1 Å². The lowest BCUT2D eigenvalue weighted by Gasteiger charge is -2.08. The topological polar surface area (TPSA) is 52.3 Å². The molecular weight excluding hydrogens is 367 g/mol. The highest BCUT2D eigenvalue weighted by atomic mass is 35.5. The first-order chi connectivity index (χ1) is 11.3. The number of thioether (sulfide) groups is 1. The highest BCUT2D eigenvalue weighted by Gasteiger charge is 2.38. The van der Waals surface area contributed by atoms with E-state index in [9.17, 15) is 18.0 Å². The van der Waals surface area contributed by atoms with E-state index in [4.69, 9.17) is 20.8 Å². The minimum atomic E-state index is -4.70. The number of oxazole rings is 1. The molecule has 0 N–H and O–H groups in total. The molecule has 0 aliphatic carbocycles. The number of carbonyl (C=O) groups excluding carboxylic acids is 1. The first-order valence-electron chi connectivity index (χ1n) is 6.89. The molecule has 0 bridgehead atoms. The lowest BCUT2D eigenvalue weighted by Crippen LogP contribution is -2.04. The van der Waals surface area contributed by atoms with Gasteiger partial charge in [0.2, 0.25) is 0 Å². The van der Waals surface area contributed by atoms with Gasteiger partial charge in [-0.3, -0.25) is 4.79 Å². The number of rotatable bonds is 6. The number of nitrogens with zero attached hydrogens (tertiary/aromatic N) is 1. The largest absolute Gasteiger partial charge is 0.468 e. The van der Waals surface area contributed by atoms with Crippen molar-refractivity contribution in [2.45, 2.75) is 24.4 Å². The highest BCUT2D eigenvalue weighted by molar-refractivity contribution is 7.99. The third-order valence-corrected chi connectivity index (χ3v) is 4.37. The maximum Gasteiger partial charge on any atom is 0.468 e. The summed E-state index contributed by atoms with van der Waals surface area (Å²) in [7, 11) is 0. The number of hydrogen-bond donors (Lipinski definition) is 0. The van der Waals surface area contributed by atoms with Crippen LogP contribution in [0.25, 0.3) is 17.2 Å². The van der Waals surface area contributed by atoms with E-state index in [1.807, 2.05) is 0 Å². The van der Waals surface area contributed by atoms with Gasteiger partial charge in [-0.1, -0.05) is 24.3 Å². The average Bonchev–Trinajstić information content (AvgIpc) is 2.92. The fraction of sp³-hybridized carbons (Fsp3) is 0.333. The summed E-state index contributed by atoms with van der Waals surface area (Å²) in [5.41, 5.74) is 0.285. The monoisotopic (exact) mass is 379 g/mol. The molecule has 0 spiro atoms. The van der Waals surface area contributed by atoms with Gasteiger partial charge in [0, 0.05) is 16.2 Å². The summed E-state index contributed by atoms with van der Waals surface area (Å²) in [6.07, 6.45) is -3.12. The molecule has 1 heterocycles. The molecule has 0 fully saturated rings. The van der Waals surface area contributed by atoms with Crippen LogP contribution in [0.2, 0.25) is 5.02 Å². The Morgan fingerprint density at radius 2 is 2.25 bits per heavy atom. The number of benzene rings is 1. The van der Waals surface area contributed by atoms with Gasteiger partial charge in [0.15, 0.2) is 5.58 Å². The van der Waals surface area contributed by atoms with Gasteiger partial charge < -0.3 is 9.15 Å². The fourth-order valence-electron chi connectivity index (χ4n) is 1.93.